The zero-order valence-electron chi connectivity index (χ0n) is 17.1. The van der Waals surface area contributed by atoms with E-state index in [2.05, 4.69) is 11.1 Å². The highest BCUT2D eigenvalue weighted by Crippen LogP contribution is 2.32. The van der Waals surface area contributed by atoms with Gasteiger partial charge in [0.1, 0.15) is 0 Å². The number of rotatable bonds is 7. The number of hydrogen-bond donors (Lipinski definition) is 0. The van der Waals surface area contributed by atoms with E-state index >= 15 is 0 Å². The summed E-state index contributed by atoms with van der Waals surface area (Å²) in [5, 5.41) is 11.9. The van der Waals surface area contributed by atoms with Crippen LogP contribution in [-0.2, 0) is 0 Å². The average Bonchev–Trinajstić information content (AvgIpc) is 3.10. The van der Waals surface area contributed by atoms with Gasteiger partial charge in [0, 0.05) is 35.2 Å². The molecule has 0 aliphatic heterocycles. The molecule has 3 aromatic rings. The van der Waals surface area contributed by atoms with Crippen molar-refractivity contribution < 1.29 is 9.72 Å². The third-order valence-electron chi connectivity index (χ3n) is 4.48. The van der Waals surface area contributed by atoms with Crippen LogP contribution >= 0.6 is 35.5 Å². The first-order valence-corrected chi connectivity index (χ1v) is 11.0. The molecule has 1 aromatic heterocycles. The van der Waals surface area contributed by atoms with Crippen LogP contribution in [0.25, 0.3) is 10.2 Å². The van der Waals surface area contributed by atoms with Crippen molar-refractivity contribution in [2.24, 2.45) is 0 Å². The number of hydrogen-bond acceptors (Lipinski definition) is 7. The predicted octanol–water partition coefficient (Wildman–Crippen LogP) is 4.87. The molecule has 0 fully saturated rings. The molecule has 0 N–H and O–H groups in total. The monoisotopic (exact) mass is 466 g/mol. The quantitative estimate of drug-likeness (QED) is 0.281. The molecule has 0 saturated carbocycles. The van der Waals surface area contributed by atoms with E-state index in [-0.39, 0.29) is 29.6 Å². The van der Waals surface area contributed by atoms with Crippen LogP contribution in [-0.4, -0.2) is 54.2 Å². The van der Waals surface area contributed by atoms with Crippen molar-refractivity contribution >= 4 is 62.4 Å². The van der Waals surface area contributed by atoms with E-state index in [1.54, 1.807) is 35.7 Å². The number of benzene rings is 2. The third-order valence-corrected chi connectivity index (χ3v) is 6.25. The average molecular weight is 467 g/mol. The van der Waals surface area contributed by atoms with E-state index in [4.69, 9.17) is 0 Å². The lowest BCUT2D eigenvalue weighted by atomic mass is 10.1. The topological polar surface area (TPSA) is 79.6 Å². The molecule has 0 bridgehead atoms. The fraction of sp³-hybridized carbons (Fsp3) is 0.300. The first kappa shape index (κ1) is 24.1. The Morgan fingerprint density at radius 1 is 1.20 bits per heavy atom. The van der Waals surface area contributed by atoms with Crippen LogP contribution in [0.4, 0.5) is 10.8 Å². The number of carbonyl (C=O) groups excluding carboxylic acids is 1. The van der Waals surface area contributed by atoms with Crippen LogP contribution in [0.1, 0.15) is 15.9 Å². The van der Waals surface area contributed by atoms with Crippen molar-refractivity contribution in [3.05, 3.63) is 57.6 Å². The zero-order valence-corrected chi connectivity index (χ0v) is 19.6. The van der Waals surface area contributed by atoms with Crippen LogP contribution in [0.3, 0.4) is 0 Å². The Morgan fingerprint density at radius 3 is 2.57 bits per heavy atom. The van der Waals surface area contributed by atoms with Gasteiger partial charge in [-0.15, -0.1) is 24.2 Å². The van der Waals surface area contributed by atoms with Crippen LogP contribution in [0, 0.1) is 17.0 Å². The van der Waals surface area contributed by atoms with Crippen molar-refractivity contribution in [1.29, 1.82) is 0 Å². The number of aromatic nitrogens is 1. The van der Waals surface area contributed by atoms with Crippen molar-refractivity contribution in [1.82, 2.24) is 9.88 Å². The Bertz CT molecular complexity index is 1070. The van der Waals surface area contributed by atoms with Crippen LogP contribution in [0.2, 0.25) is 0 Å². The third kappa shape index (κ3) is 5.28. The SMILES string of the molecule is CSc1ccc2nc(N(CCN(C)C)C(=O)c3ccc(C)c([N+](=O)[O-])c3)sc2c1.Cl. The molecular formula is C20H23ClN4O3S2. The highest BCUT2D eigenvalue weighted by atomic mass is 35.5. The lowest BCUT2D eigenvalue weighted by Crippen LogP contribution is -2.36. The molecule has 3 rings (SSSR count). The first-order chi connectivity index (χ1) is 13.8. The number of nitro groups is 1. The number of nitro benzene ring substituents is 1. The number of thioether (sulfide) groups is 1. The Hall–Kier alpha value is -2.20. The summed E-state index contributed by atoms with van der Waals surface area (Å²) in [6.45, 7) is 2.74. The zero-order chi connectivity index (χ0) is 21.1. The summed E-state index contributed by atoms with van der Waals surface area (Å²) in [6, 6.07) is 10.6. The fourth-order valence-electron chi connectivity index (χ4n) is 2.81. The number of amides is 1. The van der Waals surface area contributed by atoms with Gasteiger partial charge >= 0.3 is 0 Å². The molecule has 160 valence electrons. The van der Waals surface area contributed by atoms with Crippen LogP contribution in [0.5, 0.6) is 0 Å². The molecule has 0 aliphatic carbocycles. The minimum absolute atomic E-state index is 0. The van der Waals surface area contributed by atoms with Gasteiger partial charge in [0.05, 0.1) is 15.1 Å². The molecule has 10 heteroatoms. The Labute approximate surface area is 189 Å². The molecule has 0 atom stereocenters. The number of thiazole rings is 1. The normalized spacial score (nSPS) is 10.8. The van der Waals surface area contributed by atoms with Gasteiger partial charge in [0.25, 0.3) is 11.6 Å². The predicted molar refractivity (Wildman–Crippen MR) is 127 cm³/mol. The summed E-state index contributed by atoms with van der Waals surface area (Å²) in [7, 11) is 3.87. The van der Waals surface area contributed by atoms with Gasteiger partial charge in [-0.25, -0.2) is 4.98 Å². The smallest absolute Gasteiger partial charge is 0.273 e. The van der Waals surface area contributed by atoms with E-state index in [1.807, 2.05) is 37.4 Å². The second kappa shape index (κ2) is 10.2. The Kier molecular flexibility index (Phi) is 8.19. The standard InChI is InChI=1S/C20H22N4O3S2.ClH/c1-13-5-6-14(11-17(13)24(26)27)19(25)23(10-9-22(2)3)20-21-16-8-7-15(28-4)12-18(16)29-20;/h5-8,11-12H,9-10H2,1-4H3;1H. The molecule has 0 radical (unpaired) electrons. The molecule has 7 nitrogen and oxygen atoms in total. The maximum atomic E-state index is 13.3. The van der Waals surface area contributed by atoms with E-state index < -0.39 is 4.92 Å². The second-order valence-corrected chi connectivity index (χ2v) is 8.74. The Morgan fingerprint density at radius 2 is 1.93 bits per heavy atom. The van der Waals surface area contributed by atoms with Gasteiger partial charge < -0.3 is 4.90 Å². The molecule has 1 heterocycles. The summed E-state index contributed by atoms with van der Waals surface area (Å²) in [5.74, 6) is -0.293. The maximum Gasteiger partial charge on any atom is 0.273 e. The van der Waals surface area contributed by atoms with Gasteiger partial charge in [0.2, 0.25) is 0 Å². The summed E-state index contributed by atoms with van der Waals surface area (Å²) in [6.07, 6.45) is 2.01. The van der Waals surface area contributed by atoms with E-state index in [0.717, 1.165) is 15.1 Å². The number of nitrogens with zero attached hydrogens (tertiary/aromatic N) is 4. The molecule has 30 heavy (non-hydrogen) atoms. The largest absolute Gasteiger partial charge is 0.308 e. The molecule has 1 amide bonds. The van der Waals surface area contributed by atoms with E-state index in [9.17, 15) is 14.9 Å². The van der Waals surface area contributed by atoms with E-state index in [1.165, 1.54) is 17.4 Å². The number of carbonyl (C=O) groups is 1. The van der Waals surface area contributed by atoms with Crippen molar-refractivity contribution in [3.8, 4) is 0 Å². The van der Waals surface area contributed by atoms with Gasteiger partial charge in [-0.05, 0) is 51.5 Å². The molecule has 0 saturated heterocycles. The van der Waals surface area contributed by atoms with Gasteiger partial charge in [-0.3, -0.25) is 19.8 Å². The van der Waals surface area contributed by atoms with Crippen LogP contribution in [0.15, 0.2) is 41.3 Å². The maximum absolute atomic E-state index is 13.3. The van der Waals surface area contributed by atoms with Gasteiger partial charge in [0.15, 0.2) is 5.13 Å². The summed E-state index contributed by atoms with van der Waals surface area (Å²) in [5.41, 5.74) is 1.58. The molecular weight excluding hydrogens is 444 g/mol. The summed E-state index contributed by atoms with van der Waals surface area (Å²) in [4.78, 5) is 33.5. The van der Waals surface area contributed by atoms with Crippen molar-refractivity contribution in [3.63, 3.8) is 0 Å². The van der Waals surface area contributed by atoms with Crippen molar-refractivity contribution in [2.75, 3.05) is 38.3 Å². The Balaban J connectivity index is 0.00000320. The number of likely N-dealkylation sites (N-methyl/N-ethyl adjacent to an activating group) is 1. The number of anilines is 1. The lowest BCUT2D eigenvalue weighted by Gasteiger charge is -2.22. The number of aryl methyl sites for hydroxylation is 1. The first-order valence-electron chi connectivity index (χ1n) is 8.96. The minimum Gasteiger partial charge on any atom is -0.308 e. The number of halogens is 1. The molecule has 0 aliphatic rings. The minimum atomic E-state index is -0.460. The highest BCUT2D eigenvalue weighted by molar-refractivity contribution is 7.98. The van der Waals surface area contributed by atoms with E-state index in [0.29, 0.717) is 23.8 Å². The number of fused-ring (bicyclic) bond motifs is 1. The molecule has 0 spiro atoms. The lowest BCUT2D eigenvalue weighted by molar-refractivity contribution is -0.385. The van der Waals surface area contributed by atoms with Crippen molar-refractivity contribution in [2.45, 2.75) is 11.8 Å². The molecule has 2 aromatic carbocycles. The van der Waals surface area contributed by atoms with Gasteiger partial charge in [-0.2, -0.15) is 0 Å². The summed E-state index contributed by atoms with van der Waals surface area (Å²) < 4.78 is 1.00. The fourth-order valence-corrected chi connectivity index (χ4v) is 4.36. The summed E-state index contributed by atoms with van der Waals surface area (Å²) >= 11 is 3.10. The molecule has 0 unspecified atom stereocenters. The highest BCUT2D eigenvalue weighted by Gasteiger charge is 2.24. The second-order valence-electron chi connectivity index (χ2n) is 6.85. The van der Waals surface area contributed by atoms with Crippen LogP contribution < -0.4 is 4.90 Å². The van der Waals surface area contributed by atoms with Gasteiger partial charge in [-0.1, -0.05) is 17.4 Å².